The number of nitrogens with one attached hydrogen (secondary N) is 1. The number of hydrazine groups is 1. The van der Waals surface area contributed by atoms with Crippen LogP contribution in [0.2, 0.25) is 0 Å². The first-order valence-corrected chi connectivity index (χ1v) is 6.61. The van der Waals surface area contributed by atoms with Gasteiger partial charge in [0.1, 0.15) is 5.84 Å². The van der Waals surface area contributed by atoms with Crippen molar-refractivity contribution >= 4 is 18.3 Å². The molecule has 0 saturated carbocycles. The molecule has 0 aliphatic rings. The minimum absolute atomic E-state index is 0.151. The first-order valence-electron chi connectivity index (χ1n) is 6.61. The van der Waals surface area contributed by atoms with Crippen molar-refractivity contribution in [1.29, 1.82) is 0 Å². The van der Waals surface area contributed by atoms with E-state index in [9.17, 15) is 17.6 Å². The van der Waals surface area contributed by atoms with E-state index in [1.165, 1.54) is 6.20 Å². The molecule has 0 aromatic carbocycles. The fourth-order valence-corrected chi connectivity index (χ4v) is 1.34. The van der Waals surface area contributed by atoms with Crippen LogP contribution in [0.4, 0.5) is 17.6 Å². The van der Waals surface area contributed by atoms with Gasteiger partial charge < -0.3 is 10.2 Å². The molecular formula is C14H17F4N5O. The maximum absolute atomic E-state index is 14.0. The Morgan fingerprint density at radius 2 is 2.04 bits per heavy atom. The van der Waals surface area contributed by atoms with Gasteiger partial charge in [0.2, 0.25) is 0 Å². The number of hydrogen-bond acceptors (Lipinski definition) is 5. The molecule has 1 heterocycles. The van der Waals surface area contributed by atoms with Crippen LogP contribution in [0, 0.1) is 5.82 Å². The molecule has 0 saturated heterocycles. The van der Waals surface area contributed by atoms with Gasteiger partial charge in [0, 0.05) is 11.8 Å². The van der Waals surface area contributed by atoms with E-state index in [0.717, 1.165) is 26.1 Å². The van der Waals surface area contributed by atoms with E-state index >= 15 is 0 Å². The summed E-state index contributed by atoms with van der Waals surface area (Å²) in [5.74, 6) is 3.65. The molecule has 0 aliphatic carbocycles. The second-order valence-electron chi connectivity index (χ2n) is 5.15. The quantitative estimate of drug-likeness (QED) is 0.282. The number of aromatic nitrogens is 1. The summed E-state index contributed by atoms with van der Waals surface area (Å²) in [5, 5.41) is 0. The van der Waals surface area contributed by atoms with Crippen molar-refractivity contribution in [2.24, 2.45) is 15.8 Å². The normalized spacial score (nSPS) is 13.7. The number of alkyl halides is 3. The van der Waals surface area contributed by atoms with Crippen molar-refractivity contribution in [3.05, 3.63) is 29.8 Å². The molecule has 0 unspecified atom stereocenters. The van der Waals surface area contributed by atoms with Gasteiger partial charge in [0.05, 0.1) is 11.9 Å². The number of pyridine rings is 1. The summed E-state index contributed by atoms with van der Waals surface area (Å²) in [6.07, 6.45) is -2.33. The fourth-order valence-electron chi connectivity index (χ4n) is 1.34. The topological polar surface area (TPSA) is 84.9 Å². The number of ether oxygens (including phenoxy) is 1. The molecule has 1 aromatic rings. The lowest BCUT2D eigenvalue weighted by Gasteiger charge is -2.28. The lowest BCUT2D eigenvalue weighted by molar-refractivity contribution is -0.235. The molecular weight excluding hydrogens is 330 g/mol. The molecule has 0 radical (unpaired) electrons. The summed E-state index contributed by atoms with van der Waals surface area (Å²) in [7, 11) is 0. The van der Waals surface area contributed by atoms with Gasteiger partial charge in [-0.15, -0.1) is 0 Å². The molecule has 0 fully saturated rings. The van der Waals surface area contributed by atoms with Crippen molar-refractivity contribution in [2.45, 2.75) is 32.5 Å². The summed E-state index contributed by atoms with van der Waals surface area (Å²) in [6, 6.07) is 0.927. The highest BCUT2D eigenvalue weighted by atomic mass is 19.4. The molecule has 0 atom stereocenters. The number of nitrogens with zero attached hydrogens (tertiary/aromatic N) is 3. The summed E-state index contributed by atoms with van der Waals surface area (Å²) in [4.78, 5) is 11.1. The highest BCUT2D eigenvalue weighted by Gasteiger charge is 2.50. The minimum atomic E-state index is -4.69. The van der Waals surface area contributed by atoms with E-state index in [2.05, 4.69) is 31.8 Å². The van der Waals surface area contributed by atoms with Crippen molar-refractivity contribution in [1.82, 2.24) is 10.4 Å². The Balaban J connectivity index is 3.13. The molecule has 1 rings (SSSR count). The standard InChI is InChI=1S/C14H17F4N5O/c1-8(23-19)21-7-11(20-4)9-5-10(15)12(22-6-9)24-13(2,3)14(16,17)18/h5-7H,4,19H2,1-3H3,(H,21,23)/b11-7-. The van der Waals surface area contributed by atoms with E-state index in [4.69, 9.17) is 5.84 Å². The molecule has 24 heavy (non-hydrogen) atoms. The van der Waals surface area contributed by atoms with Crippen LogP contribution in [0.15, 0.2) is 28.4 Å². The number of rotatable bonds is 5. The van der Waals surface area contributed by atoms with Gasteiger partial charge in [0.25, 0.3) is 5.88 Å². The Kier molecular flexibility index (Phi) is 6.02. The molecule has 132 valence electrons. The SMILES string of the molecule is C=N/C(=C\N=C(/C)NN)c1cnc(OC(C)(C)C(F)(F)F)c(F)c1. The fraction of sp³-hybridized carbons (Fsp3) is 0.357. The second-order valence-corrected chi connectivity index (χ2v) is 5.15. The third kappa shape index (κ3) is 4.75. The average molecular weight is 347 g/mol. The molecule has 0 bridgehead atoms. The molecule has 1 aromatic heterocycles. The molecule has 6 nitrogen and oxygen atoms in total. The smallest absolute Gasteiger partial charge is 0.427 e. The lowest BCUT2D eigenvalue weighted by Crippen LogP contribution is -2.45. The molecule has 0 amide bonds. The zero-order valence-corrected chi connectivity index (χ0v) is 13.3. The van der Waals surface area contributed by atoms with Crippen LogP contribution >= 0.6 is 0 Å². The summed E-state index contributed by atoms with van der Waals surface area (Å²) in [6.45, 7) is 6.44. The average Bonchev–Trinajstić information content (AvgIpc) is 2.48. The summed E-state index contributed by atoms with van der Waals surface area (Å²) in [5.41, 5.74) is 0.00293. The van der Waals surface area contributed by atoms with Gasteiger partial charge >= 0.3 is 6.18 Å². The van der Waals surface area contributed by atoms with Crippen LogP contribution in [0.3, 0.4) is 0 Å². The number of halogens is 4. The third-order valence-electron chi connectivity index (χ3n) is 2.90. The number of aliphatic imine (C=N–C) groups is 2. The van der Waals surface area contributed by atoms with Crippen LogP contribution in [0.1, 0.15) is 26.3 Å². The van der Waals surface area contributed by atoms with Gasteiger partial charge in [-0.2, -0.15) is 13.2 Å². The van der Waals surface area contributed by atoms with Gasteiger partial charge in [-0.25, -0.2) is 20.2 Å². The highest BCUT2D eigenvalue weighted by Crippen LogP contribution is 2.34. The van der Waals surface area contributed by atoms with E-state index in [1.807, 2.05) is 0 Å². The summed E-state index contributed by atoms with van der Waals surface area (Å²) >= 11 is 0. The van der Waals surface area contributed by atoms with E-state index in [1.54, 1.807) is 6.92 Å². The molecule has 0 spiro atoms. The van der Waals surface area contributed by atoms with E-state index in [-0.39, 0.29) is 11.3 Å². The zero-order valence-electron chi connectivity index (χ0n) is 13.3. The second kappa shape index (κ2) is 7.39. The van der Waals surface area contributed by atoms with Gasteiger partial charge in [0.15, 0.2) is 11.4 Å². The Bertz CT molecular complexity index is 668. The lowest BCUT2D eigenvalue weighted by atomic mass is 10.1. The number of amidine groups is 1. The molecule has 3 N–H and O–H groups in total. The Labute approximate surface area is 136 Å². The maximum atomic E-state index is 14.0. The first kappa shape index (κ1) is 19.6. The van der Waals surface area contributed by atoms with Crippen molar-refractivity contribution in [2.75, 3.05) is 0 Å². The van der Waals surface area contributed by atoms with Crippen molar-refractivity contribution < 1.29 is 22.3 Å². The van der Waals surface area contributed by atoms with Crippen LogP contribution in [0.25, 0.3) is 5.70 Å². The minimum Gasteiger partial charge on any atom is -0.460 e. The maximum Gasteiger partial charge on any atom is 0.427 e. The predicted octanol–water partition coefficient (Wildman–Crippen LogP) is 2.82. The Hall–Kier alpha value is -2.49. The van der Waals surface area contributed by atoms with Crippen molar-refractivity contribution in [3.63, 3.8) is 0 Å². The largest absolute Gasteiger partial charge is 0.460 e. The zero-order chi connectivity index (χ0) is 18.5. The highest BCUT2D eigenvalue weighted by molar-refractivity contribution is 5.80. The number of nitrogens with two attached hydrogens (primary N) is 1. The van der Waals surface area contributed by atoms with E-state index < -0.39 is 23.5 Å². The van der Waals surface area contributed by atoms with Crippen LogP contribution < -0.4 is 16.0 Å². The summed E-state index contributed by atoms with van der Waals surface area (Å²) < 4.78 is 57.0. The predicted molar refractivity (Wildman–Crippen MR) is 82.9 cm³/mol. The van der Waals surface area contributed by atoms with Gasteiger partial charge in [-0.3, -0.25) is 4.99 Å². The third-order valence-corrected chi connectivity index (χ3v) is 2.90. The first-order chi connectivity index (χ1) is 11.0. The van der Waals surface area contributed by atoms with Crippen molar-refractivity contribution in [3.8, 4) is 5.88 Å². The van der Waals surface area contributed by atoms with E-state index in [0.29, 0.717) is 5.84 Å². The van der Waals surface area contributed by atoms with Gasteiger partial charge in [-0.1, -0.05) is 0 Å². The van der Waals surface area contributed by atoms with Gasteiger partial charge in [-0.05, 0) is 33.6 Å². The Morgan fingerprint density at radius 1 is 1.42 bits per heavy atom. The number of hydrogen-bond donors (Lipinski definition) is 2. The van der Waals surface area contributed by atoms with Crippen LogP contribution in [0.5, 0.6) is 5.88 Å². The van der Waals surface area contributed by atoms with Crippen LogP contribution in [-0.4, -0.2) is 29.3 Å². The molecule has 0 aliphatic heterocycles. The Morgan fingerprint density at radius 3 is 2.50 bits per heavy atom. The van der Waals surface area contributed by atoms with Crippen LogP contribution in [-0.2, 0) is 0 Å². The molecule has 10 heteroatoms. The monoisotopic (exact) mass is 347 g/mol.